The molecule has 0 bridgehead atoms. The summed E-state index contributed by atoms with van der Waals surface area (Å²) >= 11 is 0. The molecule has 0 aliphatic heterocycles. The lowest BCUT2D eigenvalue weighted by molar-refractivity contribution is -0.158. The first-order valence-electron chi connectivity index (χ1n) is 9.37. The van der Waals surface area contributed by atoms with E-state index in [0.29, 0.717) is 12.7 Å². The maximum Gasteiger partial charge on any atom is 0.182 e. The molecule has 2 unspecified atom stereocenters. The zero-order chi connectivity index (χ0) is 24.9. The molecule has 0 aromatic rings. The molecule has 0 heterocycles. The van der Waals surface area contributed by atoms with E-state index in [-0.39, 0.29) is 18.8 Å². The number of carbonyl (C=O) groups is 3. The standard InChI is InChI=1S/C7H14O4.C5H12O3.C4H8O2.C3H6O2/c1-3-5(9)7(11)6(10)4(2)8;1-4(6)5(7-2)8-3;1-2-4(6)3-5;1-3(5)2-4/h4,6-8,10-11H,3H2,1-2H3;4-6H,1-3H3;5H,2-3H2,1H3;2-3,5H,1H3/t4-,6+,7-;;;/m0.../s1. The van der Waals surface area contributed by atoms with Crippen molar-refractivity contribution in [3.63, 3.8) is 0 Å². The smallest absolute Gasteiger partial charge is 0.182 e. The number of hydrogen-bond acceptors (Lipinski definition) is 11. The van der Waals surface area contributed by atoms with Gasteiger partial charge < -0.3 is 44.9 Å². The number of carbonyl (C=O) groups excluding carboxylic acids is 3. The molecule has 11 nitrogen and oxygen atoms in total. The van der Waals surface area contributed by atoms with Gasteiger partial charge in [-0.05, 0) is 20.8 Å². The number of ketones is 2. The van der Waals surface area contributed by atoms with E-state index < -0.39 is 42.6 Å². The van der Waals surface area contributed by atoms with Gasteiger partial charge in [0.1, 0.15) is 37.3 Å². The lowest BCUT2D eigenvalue weighted by atomic mass is 10.0. The first kappa shape index (κ1) is 36.1. The molecule has 182 valence electrons. The van der Waals surface area contributed by atoms with Crippen molar-refractivity contribution in [3.8, 4) is 0 Å². The predicted octanol–water partition coefficient (Wildman–Crippen LogP) is -1.42. The Morgan fingerprint density at radius 1 is 0.867 bits per heavy atom. The van der Waals surface area contributed by atoms with Gasteiger partial charge in [0, 0.05) is 27.1 Å². The van der Waals surface area contributed by atoms with Crippen molar-refractivity contribution < 1.29 is 54.5 Å². The van der Waals surface area contributed by atoms with E-state index in [1.807, 2.05) is 0 Å². The van der Waals surface area contributed by atoms with Crippen LogP contribution in [0, 0.1) is 0 Å². The first-order chi connectivity index (χ1) is 13.8. The molecule has 0 saturated heterocycles. The van der Waals surface area contributed by atoms with Gasteiger partial charge in [-0.15, -0.1) is 0 Å². The summed E-state index contributed by atoms with van der Waals surface area (Å²) in [5.41, 5.74) is 0. The third-order valence-corrected chi connectivity index (χ3v) is 3.12. The third-order valence-electron chi connectivity index (χ3n) is 3.12. The fraction of sp³-hybridized carbons (Fsp3) is 0.842. The lowest BCUT2D eigenvalue weighted by Gasteiger charge is -2.18. The van der Waals surface area contributed by atoms with Crippen LogP contribution in [0.3, 0.4) is 0 Å². The minimum Gasteiger partial charge on any atom is -0.391 e. The maximum atomic E-state index is 10.7. The predicted molar refractivity (Wildman–Crippen MR) is 109 cm³/mol. The fourth-order valence-electron chi connectivity index (χ4n) is 1.27. The van der Waals surface area contributed by atoms with Gasteiger partial charge in [0.05, 0.1) is 6.10 Å². The molecule has 6 N–H and O–H groups in total. The van der Waals surface area contributed by atoms with Gasteiger partial charge in [-0.1, -0.05) is 13.8 Å². The Labute approximate surface area is 178 Å². The van der Waals surface area contributed by atoms with E-state index in [1.54, 1.807) is 20.8 Å². The Bertz CT molecular complexity index is 401. The maximum absolute atomic E-state index is 10.7. The highest BCUT2D eigenvalue weighted by atomic mass is 16.7. The summed E-state index contributed by atoms with van der Waals surface area (Å²) in [5, 5.41) is 51.5. The molecule has 0 fully saturated rings. The van der Waals surface area contributed by atoms with Crippen molar-refractivity contribution in [3.05, 3.63) is 0 Å². The number of aldehydes is 1. The summed E-state index contributed by atoms with van der Waals surface area (Å²) in [4.78, 5) is 29.9. The van der Waals surface area contributed by atoms with Gasteiger partial charge in [-0.3, -0.25) is 9.59 Å². The highest BCUT2D eigenvalue weighted by Gasteiger charge is 2.26. The van der Waals surface area contributed by atoms with Crippen LogP contribution in [0.1, 0.15) is 47.5 Å². The Morgan fingerprint density at radius 2 is 1.27 bits per heavy atom. The zero-order valence-corrected chi connectivity index (χ0v) is 18.9. The van der Waals surface area contributed by atoms with E-state index in [4.69, 9.17) is 30.6 Å². The van der Waals surface area contributed by atoms with Gasteiger partial charge in [0.2, 0.25) is 0 Å². The average molecular weight is 445 g/mol. The molecule has 0 saturated carbocycles. The second-order valence-corrected chi connectivity index (χ2v) is 6.00. The monoisotopic (exact) mass is 444 g/mol. The van der Waals surface area contributed by atoms with Gasteiger partial charge in [-0.25, -0.2) is 0 Å². The quantitative estimate of drug-likeness (QED) is 0.171. The van der Waals surface area contributed by atoms with Crippen molar-refractivity contribution in [2.75, 3.05) is 20.8 Å². The average Bonchev–Trinajstić information content (AvgIpc) is 2.73. The molecule has 30 heavy (non-hydrogen) atoms. The van der Waals surface area contributed by atoms with E-state index >= 15 is 0 Å². The molecular weight excluding hydrogens is 404 g/mol. The highest BCUT2D eigenvalue weighted by molar-refractivity contribution is 5.83. The van der Waals surface area contributed by atoms with Crippen molar-refractivity contribution >= 4 is 17.9 Å². The molecule has 0 aliphatic rings. The van der Waals surface area contributed by atoms with E-state index in [0.717, 1.165) is 0 Å². The number of hydrogen-bond donors (Lipinski definition) is 6. The molecule has 0 aliphatic carbocycles. The van der Waals surface area contributed by atoms with Crippen LogP contribution in [0.2, 0.25) is 0 Å². The summed E-state index contributed by atoms with van der Waals surface area (Å²) in [6.45, 7) is 7.33. The summed E-state index contributed by atoms with van der Waals surface area (Å²) < 4.78 is 9.38. The summed E-state index contributed by atoms with van der Waals surface area (Å²) in [6.07, 6.45) is -4.69. The molecular formula is C19H40O11. The first-order valence-corrected chi connectivity index (χ1v) is 9.37. The Kier molecular flexibility index (Phi) is 28.8. The summed E-state index contributed by atoms with van der Waals surface area (Å²) in [7, 11) is 2.97. The molecule has 0 radical (unpaired) electrons. The number of aliphatic hydroxyl groups is 6. The van der Waals surface area contributed by atoms with Crippen LogP contribution < -0.4 is 0 Å². The topological polar surface area (TPSA) is 191 Å². The summed E-state index contributed by atoms with van der Waals surface area (Å²) in [5.74, 6) is -0.562. The van der Waals surface area contributed by atoms with Crippen molar-refractivity contribution in [1.29, 1.82) is 0 Å². The van der Waals surface area contributed by atoms with Gasteiger partial charge >= 0.3 is 0 Å². The Balaban J connectivity index is -0.000000158. The molecule has 0 aromatic heterocycles. The number of methoxy groups -OCH3 is 2. The number of Topliss-reactive ketones (excluding diaryl/α,β-unsaturated/α-hetero) is 2. The molecule has 0 spiro atoms. The lowest BCUT2D eigenvalue weighted by Crippen LogP contribution is -2.40. The number of ether oxygens (including phenoxy) is 2. The van der Waals surface area contributed by atoms with Crippen LogP contribution in [-0.4, -0.2) is 106 Å². The SMILES string of the molecule is CC(O)C=O.CCC(=O)CO.CCC(=O)[C@H](O)[C@H](O)[C@H](C)O.COC(OC)C(C)O. The van der Waals surface area contributed by atoms with E-state index in [2.05, 4.69) is 9.47 Å². The van der Waals surface area contributed by atoms with Crippen LogP contribution in [0.4, 0.5) is 0 Å². The Hall–Kier alpha value is -1.31. The minimum absolute atomic E-state index is 0.102. The van der Waals surface area contributed by atoms with Crippen molar-refractivity contribution in [2.24, 2.45) is 0 Å². The summed E-state index contributed by atoms with van der Waals surface area (Å²) in [6, 6.07) is 0. The number of rotatable bonds is 10. The molecule has 11 heteroatoms. The van der Waals surface area contributed by atoms with Crippen molar-refractivity contribution in [2.45, 2.75) is 84.3 Å². The normalized spacial score (nSPS) is 14.9. The third kappa shape index (κ3) is 24.7. The van der Waals surface area contributed by atoms with Crippen LogP contribution in [0.5, 0.6) is 0 Å². The van der Waals surface area contributed by atoms with E-state index in [1.165, 1.54) is 28.1 Å². The van der Waals surface area contributed by atoms with Crippen LogP contribution >= 0.6 is 0 Å². The second kappa shape index (κ2) is 24.0. The van der Waals surface area contributed by atoms with Gasteiger partial charge in [0.25, 0.3) is 0 Å². The Morgan fingerprint density at radius 3 is 1.37 bits per heavy atom. The minimum atomic E-state index is -1.46. The highest BCUT2D eigenvalue weighted by Crippen LogP contribution is 2.02. The van der Waals surface area contributed by atoms with Gasteiger partial charge in [0.15, 0.2) is 17.9 Å². The number of aliphatic hydroxyl groups excluding tert-OH is 6. The largest absolute Gasteiger partial charge is 0.391 e. The molecule has 0 aromatic carbocycles. The molecule has 0 amide bonds. The molecule has 5 atom stereocenters. The molecule has 0 rings (SSSR count). The van der Waals surface area contributed by atoms with E-state index in [9.17, 15) is 14.4 Å². The van der Waals surface area contributed by atoms with Crippen LogP contribution in [0.15, 0.2) is 0 Å². The van der Waals surface area contributed by atoms with Crippen LogP contribution in [0.25, 0.3) is 0 Å². The van der Waals surface area contributed by atoms with Crippen LogP contribution in [-0.2, 0) is 23.9 Å². The fourth-order valence-corrected chi connectivity index (χ4v) is 1.27. The van der Waals surface area contributed by atoms with Crippen molar-refractivity contribution in [1.82, 2.24) is 0 Å². The second-order valence-electron chi connectivity index (χ2n) is 6.00. The van der Waals surface area contributed by atoms with Gasteiger partial charge in [-0.2, -0.15) is 0 Å². The zero-order valence-electron chi connectivity index (χ0n) is 18.9.